The number of rotatable bonds is 3. The van der Waals surface area contributed by atoms with Crippen LogP contribution in [0.4, 0.5) is 5.00 Å². The molecule has 0 saturated carbocycles. The standard InChI is InChI=1S/C19H23NO5S/c1-10-9-12-14(18(22)25-19(3,4)5)17(26-15(12)11(2)24-10)20-16(21)13-7-6-8-23-13/h6-8,10-11H,9H2,1-5H3,(H,20,21)/t10-,11-/m1/s1. The first-order chi connectivity index (χ1) is 12.2. The van der Waals surface area contributed by atoms with E-state index in [0.29, 0.717) is 17.0 Å². The Morgan fingerprint density at radius 3 is 2.65 bits per heavy atom. The summed E-state index contributed by atoms with van der Waals surface area (Å²) in [6, 6.07) is 3.21. The van der Waals surface area contributed by atoms with E-state index < -0.39 is 17.5 Å². The number of carbonyl (C=O) groups is 2. The minimum Gasteiger partial charge on any atom is -0.459 e. The van der Waals surface area contributed by atoms with Crippen molar-refractivity contribution in [2.45, 2.75) is 58.8 Å². The predicted molar refractivity (Wildman–Crippen MR) is 98.8 cm³/mol. The highest BCUT2D eigenvalue weighted by molar-refractivity contribution is 7.17. The second kappa shape index (κ2) is 6.89. The van der Waals surface area contributed by atoms with E-state index in [1.54, 1.807) is 12.1 Å². The second-order valence-corrected chi connectivity index (χ2v) is 8.43. The molecule has 0 fully saturated rings. The summed E-state index contributed by atoms with van der Waals surface area (Å²) in [5.74, 6) is -0.657. The molecule has 2 aromatic heterocycles. The molecule has 1 aliphatic rings. The average molecular weight is 377 g/mol. The fourth-order valence-electron chi connectivity index (χ4n) is 2.97. The van der Waals surface area contributed by atoms with Crippen LogP contribution in [-0.4, -0.2) is 23.6 Å². The van der Waals surface area contributed by atoms with E-state index in [-0.39, 0.29) is 18.0 Å². The van der Waals surface area contributed by atoms with Crippen LogP contribution >= 0.6 is 11.3 Å². The van der Waals surface area contributed by atoms with E-state index in [0.717, 1.165) is 10.4 Å². The molecule has 0 aromatic carbocycles. The molecule has 1 aliphatic heterocycles. The lowest BCUT2D eigenvalue weighted by Gasteiger charge is -2.26. The summed E-state index contributed by atoms with van der Waals surface area (Å²) in [5.41, 5.74) is 0.684. The van der Waals surface area contributed by atoms with Gasteiger partial charge >= 0.3 is 5.97 Å². The van der Waals surface area contributed by atoms with Crippen molar-refractivity contribution in [3.8, 4) is 0 Å². The lowest BCUT2D eigenvalue weighted by Crippen LogP contribution is -2.27. The van der Waals surface area contributed by atoms with Crippen molar-refractivity contribution in [3.63, 3.8) is 0 Å². The summed E-state index contributed by atoms with van der Waals surface area (Å²) in [5, 5.41) is 3.27. The first kappa shape index (κ1) is 18.7. The fourth-order valence-corrected chi connectivity index (χ4v) is 4.17. The zero-order valence-corrected chi connectivity index (χ0v) is 16.4. The van der Waals surface area contributed by atoms with E-state index in [4.69, 9.17) is 13.9 Å². The van der Waals surface area contributed by atoms with Crippen LogP contribution in [0.15, 0.2) is 22.8 Å². The van der Waals surface area contributed by atoms with Gasteiger partial charge in [-0.25, -0.2) is 4.79 Å². The van der Waals surface area contributed by atoms with Gasteiger partial charge in [0.25, 0.3) is 5.91 Å². The maximum absolute atomic E-state index is 12.9. The molecule has 0 unspecified atom stereocenters. The molecule has 2 aromatic rings. The number of carbonyl (C=O) groups excluding carboxylic acids is 2. The molecule has 0 saturated heterocycles. The SMILES string of the molecule is C[C@@H]1Cc2c(sc(NC(=O)c3ccco3)c2C(=O)OC(C)(C)C)[C@@H](C)O1. The summed E-state index contributed by atoms with van der Waals surface area (Å²) >= 11 is 1.35. The van der Waals surface area contributed by atoms with Crippen molar-refractivity contribution in [1.82, 2.24) is 0 Å². The number of esters is 1. The van der Waals surface area contributed by atoms with Gasteiger partial charge in [0.2, 0.25) is 0 Å². The van der Waals surface area contributed by atoms with Gasteiger partial charge in [-0.15, -0.1) is 11.3 Å². The largest absolute Gasteiger partial charge is 0.459 e. The fraction of sp³-hybridized carbons (Fsp3) is 0.474. The van der Waals surface area contributed by atoms with Crippen molar-refractivity contribution < 1.29 is 23.5 Å². The minimum atomic E-state index is -0.628. The van der Waals surface area contributed by atoms with E-state index >= 15 is 0 Å². The van der Waals surface area contributed by atoms with E-state index in [2.05, 4.69) is 5.32 Å². The Kier molecular flexibility index (Phi) is 4.94. The molecular formula is C19H23NO5S. The van der Waals surface area contributed by atoms with Crippen molar-refractivity contribution >= 4 is 28.2 Å². The lowest BCUT2D eigenvalue weighted by atomic mass is 9.98. The molecule has 26 heavy (non-hydrogen) atoms. The third-order valence-corrected chi connectivity index (χ3v) is 5.22. The van der Waals surface area contributed by atoms with Gasteiger partial charge in [-0.2, -0.15) is 0 Å². The summed E-state index contributed by atoms with van der Waals surface area (Å²) in [4.78, 5) is 26.2. The van der Waals surface area contributed by atoms with Crippen molar-refractivity contribution in [1.29, 1.82) is 0 Å². The maximum Gasteiger partial charge on any atom is 0.341 e. The Labute approximate surface area is 156 Å². The number of furan rings is 1. The second-order valence-electron chi connectivity index (χ2n) is 7.38. The van der Waals surface area contributed by atoms with Gasteiger partial charge in [0.05, 0.1) is 24.0 Å². The molecule has 0 spiro atoms. The number of amides is 1. The van der Waals surface area contributed by atoms with Crippen molar-refractivity contribution in [2.24, 2.45) is 0 Å². The van der Waals surface area contributed by atoms with Gasteiger partial charge in [-0.3, -0.25) is 4.79 Å². The maximum atomic E-state index is 12.9. The monoisotopic (exact) mass is 377 g/mol. The Morgan fingerprint density at radius 2 is 2.04 bits per heavy atom. The van der Waals surface area contributed by atoms with Crippen LogP contribution in [0.25, 0.3) is 0 Å². The Morgan fingerprint density at radius 1 is 1.31 bits per heavy atom. The highest BCUT2D eigenvalue weighted by Crippen LogP contribution is 2.43. The van der Waals surface area contributed by atoms with E-state index in [9.17, 15) is 9.59 Å². The number of nitrogens with one attached hydrogen (secondary N) is 1. The van der Waals surface area contributed by atoms with Crippen LogP contribution in [0, 0.1) is 0 Å². The molecule has 6 nitrogen and oxygen atoms in total. The van der Waals surface area contributed by atoms with Gasteiger partial charge < -0.3 is 19.2 Å². The number of anilines is 1. The number of ether oxygens (including phenoxy) is 2. The normalized spacial score (nSPS) is 19.7. The molecule has 2 atom stereocenters. The first-order valence-corrected chi connectivity index (χ1v) is 9.36. The van der Waals surface area contributed by atoms with Crippen LogP contribution in [-0.2, 0) is 15.9 Å². The van der Waals surface area contributed by atoms with Crippen molar-refractivity contribution in [2.75, 3.05) is 5.32 Å². The van der Waals surface area contributed by atoms with E-state index in [1.165, 1.54) is 17.6 Å². The number of thiophene rings is 1. The molecule has 1 amide bonds. The van der Waals surface area contributed by atoms with Gasteiger partial charge in [-0.05, 0) is 52.3 Å². The summed E-state index contributed by atoms with van der Waals surface area (Å²) in [7, 11) is 0. The van der Waals surface area contributed by atoms with Crippen LogP contribution in [0.2, 0.25) is 0 Å². The zero-order chi connectivity index (χ0) is 19.1. The van der Waals surface area contributed by atoms with Crippen LogP contribution in [0.1, 0.15) is 72.1 Å². The lowest BCUT2D eigenvalue weighted by molar-refractivity contribution is -0.00384. The summed E-state index contributed by atoms with van der Waals surface area (Å²) < 4.78 is 16.6. The zero-order valence-electron chi connectivity index (χ0n) is 15.5. The summed E-state index contributed by atoms with van der Waals surface area (Å²) in [6.07, 6.45) is 1.87. The molecule has 3 heterocycles. The van der Waals surface area contributed by atoms with Gasteiger partial charge in [0, 0.05) is 11.3 Å². The molecular weight excluding hydrogens is 354 g/mol. The molecule has 0 radical (unpaired) electrons. The third-order valence-electron chi connectivity index (χ3n) is 3.91. The Hall–Kier alpha value is -2.12. The van der Waals surface area contributed by atoms with Gasteiger partial charge in [0.15, 0.2) is 5.76 Å². The molecule has 1 N–H and O–H groups in total. The molecule has 3 rings (SSSR count). The highest BCUT2D eigenvalue weighted by Gasteiger charge is 2.34. The molecule has 7 heteroatoms. The topological polar surface area (TPSA) is 77.8 Å². The molecule has 140 valence electrons. The average Bonchev–Trinajstić information content (AvgIpc) is 3.12. The van der Waals surface area contributed by atoms with Crippen LogP contribution in [0.3, 0.4) is 0 Å². The minimum absolute atomic E-state index is 0.0121. The van der Waals surface area contributed by atoms with Gasteiger partial charge in [-0.1, -0.05) is 0 Å². The van der Waals surface area contributed by atoms with E-state index in [1.807, 2.05) is 34.6 Å². The Balaban J connectivity index is 2.01. The number of hydrogen-bond acceptors (Lipinski definition) is 6. The summed E-state index contributed by atoms with van der Waals surface area (Å²) in [6.45, 7) is 9.37. The molecule has 0 aliphatic carbocycles. The van der Waals surface area contributed by atoms with Crippen molar-refractivity contribution in [3.05, 3.63) is 40.2 Å². The first-order valence-electron chi connectivity index (χ1n) is 8.55. The van der Waals surface area contributed by atoms with Crippen LogP contribution in [0.5, 0.6) is 0 Å². The quantitative estimate of drug-likeness (QED) is 0.793. The molecule has 0 bridgehead atoms. The van der Waals surface area contributed by atoms with Crippen LogP contribution < -0.4 is 5.32 Å². The highest BCUT2D eigenvalue weighted by atomic mass is 32.1. The Bertz CT molecular complexity index is 816. The predicted octanol–water partition coefficient (Wildman–Crippen LogP) is 4.57. The smallest absolute Gasteiger partial charge is 0.341 e. The number of fused-ring (bicyclic) bond motifs is 1. The number of hydrogen-bond donors (Lipinski definition) is 1. The van der Waals surface area contributed by atoms with Gasteiger partial charge in [0.1, 0.15) is 10.6 Å². The third kappa shape index (κ3) is 3.83.